The fourth-order valence-electron chi connectivity index (χ4n) is 3.46. The van der Waals surface area contributed by atoms with Crippen molar-refractivity contribution in [3.63, 3.8) is 0 Å². The van der Waals surface area contributed by atoms with Crippen LogP contribution in [0.4, 0.5) is 5.69 Å². The number of methoxy groups -OCH3 is 1. The second-order valence-electron chi connectivity index (χ2n) is 7.08. The molecule has 0 fully saturated rings. The van der Waals surface area contributed by atoms with E-state index in [-0.39, 0.29) is 5.91 Å². The molecule has 0 spiro atoms. The van der Waals surface area contributed by atoms with Crippen molar-refractivity contribution < 1.29 is 17.9 Å². The molecule has 1 atom stereocenters. The molecule has 0 aromatic heterocycles. The van der Waals surface area contributed by atoms with Gasteiger partial charge < -0.3 is 10.1 Å². The van der Waals surface area contributed by atoms with Gasteiger partial charge in [-0.25, -0.2) is 8.42 Å². The van der Waals surface area contributed by atoms with Crippen molar-refractivity contribution in [1.82, 2.24) is 5.32 Å². The number of nitrogens with one attached hydrogen (secondary N) is 1. The molecule has 0 saturated carbocycles. The highest BCUT2D eigenvalue weighted by atomic mass is 32.2. The highest BCUT2D eigenvalue weighted by Gasteiger charge is 2.31. The monoisotopic (exact) mass is 426 g/mol. The van der Waals surface area contributed by atoms with E-state index >= 15 is 0 Å². The fraction of sp³-hybridized carbons (Fsp3) is 0.261. The number of hydrogen-bond donors (Lipinski definition) is 1. The number of nitrogens with zero attached hydrogens (tertiary/aromatic N) is 1. The second-order valence-corrected chi connectivity index (χ2v) is 8.94. The third-order valence-electron chi connectivity index (χ3n) is 4.92. The van der Waals surface area contributed by atoms with Crippen LogP contribution in [0.25, 0.3) is 10.8 Å². The Kier molecular flexibility index (Phi) is 6.62. The Morgan fingerprint density at radius 1 is 1.03 bits per heavy atom. The molecule has 0 unspecified atom stereocenters. The summed E-state index contributed by atoms with van der Waals surface area (Å²) in [5, 5.41) is 5.10. The van der Waals surface area contributed by atoms with Gasteiger partial charge in [-0.3, -0.25) is 9.10 Å². The van der Waals surface area contributed by atoms with Gasteiger partial charge in [0.2, 0.25) is 15.9 Å². The third-order valence-corrected chi connectivity index (χ3v) is 6.10. The predicted molar refractivity (Wildman–Crippen MR) is 120 cm³/mol. The summed E-state index contributed by atoms with van der Waals surface area (Å²) in [4.78, 5) is 13.0. The van der Waals surface area contributed by atoms with Crippen LogP contribution in [-0.4, -0.2) is 33.7 Å². The fourth-order valence-corrected chi connectivity index (χ4v) is 4.67. The molecule has 0 aliphatic carbocycles. The van der Waals surface area contributed by atoms with E-state index in [0.29, 0.717) is 24.4 Å². The average molecular weight is 427 g/mol. The maximum atomic E-state index is 13.0. The Labute approximate surface area is 177 Å². The molecule has 0 saturated heterocycles. The summed E-state index contributed by atoms with van der Waals surface area (Å²) < 4.78 is 31.5. The summed E-state index contributed by atoms with van der Waals surface area (Å²) in [5.41, 5.74) is 1.34. The standard InChI is InChI=1S/C23H26N2O4S/c1-4-22(25(30(3,27)28)20-10-7-11-21(15-20)29-2)23(26)24-16-17-12-13-18-8-5-6-9-19(18)14-17/h5-15,22H,4,16H2,1-3H3,(H,24,26)/t22-/m1/s1. The largest absolute Gasteiger partial charge is 0.497 e. The van der Waals surface area contributed by atoms with Gasteiger partial charge in [-0.15, -0.1) is 0 Å². The van der Waals surface area contributed by atoms with E-state index in [2.05, 4.69) is 5.32 Å². The number of ether oxygens (including phenoxy) is 1. The lowest BCUT2D eigenvalue weighted by Gasteiger charge is -2.30. The molecule has 0 aliphatic rings. The molecule has 30 heavy (non-hydrogen) atoms. The molecule has 3 aromatic carbocycles. The van der Waals surface area contributed by atoms with Crippen LogP contribution in [0.3, 0.4) is 0 Å². The first-order chi connectivity index (χ1) is 14.3. The topological polar surface area (TPSA) is 75.7 Å². The smallest absolute Gasteiger partial charge is 0.244 e. The van der Waals surface area contributed by atoms with E-state index in [4.69, 9.17) is 4.74 Å². The summed E-state index contributed by atoms with van der Waals surface area (Å²) in [6.07, 6.45) is 1.43. The van der Waals surface area contributed by atoms with Crippen LogP contribution in [0.2, 0.25) is 0 Å². The molecule has 1 N–H and O–H groups in total. The molecule has 3 rings (SSSR count). The lowest BCUT2D eigenvalue weighted by Crippen LogP contribution is -2.49. The molecular weight excluding hydrogens is 400 g/mol. The van der Waals surface area contributed by atoms with Gasteiger partial charge in [0, 0.05) is 12.6 Å². The number of sulfonamides is 1. The van der Waals surface area contributed by atoms with E-state index in [1.807, 2.05) is 42.5 Å². The summed E-state index contributed by atoms with van der Waals surface area (Å²) in [6, 6.07) is 19.8. The number of carbonyl (C=O) groups excluding carboxylic acids is 1. The Bertz CT molecular complexity index is 1140. The SMILES string of the molecule is CC[C@H](C(=O)NCc1ccc2ccccc2c1)N(c1cccc(OC)c1)S(C)(=O)=O. The predicted octanol–water partition coefficient (Wildman–Crippen LogP) is 3.71. The van der Waals surface area contributed by atoms with Crippen molar-refractivity contribution >= 4 is 32.4 Å². The molecule has 7 heteroatoms. The van der Waals surface area contributed by atoms with Crippen molar-refractivity contribution in [2.45, 2.75) is 25.9 Å². The number of anilines is 1. The van der Waals surface area contributed by atoms with Gasteiger partial charge in [0.1, 0.15) is 11.8 Å². The van der Waals surface area contributed by atoms with Crippen molar-refractivity contribution in [2.75, 3.05) is 17.7 Å². The van der Waals surface area contributed by atoms with Crippen LogP contribution >= 0.6 is 0 Å². The van der Waals surface area contributed by atoms with Crippen molar-refractivity contribution in [2.24, 2.45) is 0 Å². The first-order valence-electron chi connectivity index (χ1n) is 9.72. The van der Waals surface area contributed by atoms with Crippen LogP contribution in [0, 0.1) is 0 Å². The average Bonchev–Trinajstić information content (AvgIpc) is 2.74. The van der Waals surface area contributed by atoms with Crippen molar-refractivity contribution in [3.8, 4) is 5.75 Å². The third kappa shape index (κ3) is 4.91. The number of amides is 1. The molecule has 0 heterocycles. The molecule has 0 aliphatic heterocycles. The molecule has 1 amide bonds. The Balaban J connectivity index is 1.82. The van der Waals surface area contributed by atoms with E-state index in [1.54, 1.807) is 31.2 Å². The molecule has 0 bridgehead atoms. The number of carbonyl (C=O) groups is 1. The number of fused-ring (bicyclic) bond motifs is 1. The van der Waals surface area contributed by atoms with Gasteiger partial charge in [0.05, 0.1) is 19.1 Å². The minimum Gasteiger partial charge on any atom is -0.497 e. The quantitative estimate of drug-likeness (QED) is 0.596. The number of benzene rings is 3. The Hall–Kier alpha value is -3.06. The van der Waals surface area contributed by atoms with Gasteiger partial charge in [0.15, 0.2) is 0 Å². The van der Waals surface area contributed by atoms with Crippen LogP contribution in [0.5, 0.6) is 5.75 Å². The van der Waals surface area contributed by atoms with Gasteiger partial charge in [-0.05, 0) is 41.0 Å². The van der Waals surface area contributed by atoms with Crippen LogP contribution in [0.15, 0.2) is 66.7 Å². The van der Waals surface area contributed by atoms with Gasteiger partial charge in [0.25, 0.3) is 0 Å². The maximum Gasteiger partial charge on any atom is 0.244 e. The summed E-state index contributed by atoms with van der Waals surface area (Å²) in [6.45, 7) is 2.11. The maximum absolute atomic E-state index is 13.0. The summed E-state index contributed by atoms with van der Waals surface area (Å²) in [7, 11) is -2.18. The number of hydrogen-bond acceptors (Lipinski definition) is 4. The van der Waals surface area contributed by atoms with Crippen molar-refractivity contribution in [1.29, 1.82) is 0 Å². The summed E-state index contributed by atoms with van der Waals surface area (Å²) >= 11 is 0. The van der Waals surface area contributed by atoms with Gasteiger partial charge in [-0.1, -0.05) is 49.4 Å². The lowest BCUT2D eigenvalue weighted by molar-refractivity contribution is -0.122. The highest BCUT2D eigenvalue weighted by Crippen LogP contribution is 2.26. The minimum absolute atomic E-state index is 0.315. The zero-order valence-corrected chi connectivity index (χ0v) is 18.1. The minimum atomic E-state index is -3.69. The normalized spacial score (nSPS) is 12.4. The van der Waals surface area contributed by atoms with E-state index in [0.717, 1.165) is 26.9 Å². The zero-order chi connectivity index (χ0) is 21.7. The first kappa shape index (κ1) is 21.6. The van der Waals surface area contributed by atoms with Crippen molar-refractivity contribution in [3.05, 3.63) is 72.3 Å². The molecular formula is C23H26N2O4S. The van der Waals surface area contributed by atoms with Crippen LogP contribution in [-0.2, 0) is 21.4 Å². The molecule has 158 valence electrons. The summed E-state index contributed by atoms with van der Waals surface area (Å²) in [5.74, 6) is 0.173. The second kappa shape index (κ2) is 9.17. The van der Waals surface area contributed by atoms with Crippen LogP contribution in [0.1, 0.15) is 18.9 Å². The Morgan fingerprint density at radius 2 is 1.77 bits per heavy atom. The molecule has 0 radical (unpaired) electrons. The van der Waals surface area contributed by atoms with E-state index < -0.39 is 16.1 Å². The Morgan fingerprint density at radius 3 is 2.43 bits per heavy atom. The van der Waals surface area contributed by atoms with E-state index in [9.17, 15) is 13.2 Å². The van der Waals surface area contributed by atoms with Gasteiger partial charge in [-0.2, -0.15) is 0 Å². The van der Waals surface area contributed by atoms with Crippen LogP contribution < -0.4 is 14.4 Å². The molecule has 6 nitrogen and oxygen atoms in total. The van der Waals surface area contributed by atoms with Gasteiger partial charge >= 0.3 is 0 Å². The lowest BCUT2D eigenvalue weighted by atomic mass is 10.1. The first-order valence-corrected chi connectivity index (χ1v) is 11.6. The molecule has 3 aromatic rings. The zero-order valence-electron chi connectivity index (χ0n) is 17.3. The highest BCUT2D eigenvalue weighted by molar-refractivity contribution is 7.92. The number of rotatable bonds is 8. The van der Waals surface area contributed by atoms with E-state index in [1.165, 1.54) is 7.11 Å².